The second kappa shape index (κ2) is 5.98. The second-order valence-electron chi connectivity index (χ2n) is 6.50. The average Bonchev–Trinajstić information content (AvgIpc) is 2.77. The smallest absolute Gasteiger partial charge is 0.192 e. The molecule has 0 N–H and O–H groups in total. The highest BCUT2D eigenvalue weighted by Gasteiger charge is 2.37. The van der Waals surface area contributed by atoms with E-state index >= 15 is 0 Å². The van der Waals surface area contributed by atoms with Gasteiger partial charge in [-0.3, -0.25) is 0 Å². The Bertz CT molecular complexity index is 607. The number of halogens is 1. The molecule has 0 saturated carbocycles. The fraction of sp³-hybridized carbons (Fsp3) is 0.500. The molecule has 0 spiro atoms. The van der Waals surface area contributed by atoms with Crippen LogP contribution in [0.1, 0.15) is 26.5 Å². The first-order valence-electron chi connectivity index (χ1n) is 6.86. The predicted octanol–water partition coefficient (Wildman–Crippen LogP) is 3.95. The number of aromatic nitrogens is 4. The summed E-state index contributed by atoms with van der Waals surface area (Å²) in [6, 6.07) is 1.88. The number of rotatable bonds is 4. The molecule has 2 aromatic heterocycles. The van der Waals surface area contributed by atoms with Gasteiger partial charge in [0.1, 0.15) is 0 Å². The summed E-state index contributed by atoms with van der Waals surface area (Å²) in [5.41, 5.74) is 1.87. The van der Waals surface area contributed by atoms with Crippen molar-refractivity contribution in [2.45, 2.75) is 45.5 Å². The molecule has 0 aliphatic heterocycles. The third-order valence-corrected chi connectivity index (χ3v) is 9.15. The normalized spacial score (nSPS) is 12.7. The van der Waals surface area contributed by atoms with Crippen LogP contribution in [0.3, 0.4) is 0 Å². The Kier molecular flexibility index (Phi) is 4.65. The summed E-state index contributed by atoms with van der Waals surface area (Å²) in [6.45, 7) is 11.7. The standard InChI is InChI=1S/C14H21BrN4OSi/c1-14(2,3)21(4,5)20-10-13-12(15)9-18-19(13)11-6-7-16-17-8-11/h6-9H,10H2,1-5H3. The minimum atomic E-state index is -1.80. The van der Waals surface area contributed by atoms with Gasteiger partial charge in [-0.15, -0.1) is 0 Å². The first-order chi connectivity index (χ1) is 9.72. The van der Waals surface area contributed by atoms with E-state index in [1.807, 2.05) is 10.7 Å². The van der Waals surface area contributed by atoms with Crippen molar-refractivity contribution in [3.63, 3.8) is 0 Å². The second-order valence-corrected chi connectivity index (χ2v) is 12.2. The molecule has 0 fully saturated rings. The van der Waals surface area contributed by atoms with Crippen molar-refractivity contribution in [2.75, 3.05) is 0 Å². The van der Waals surface area contributed by atoms with Crippen molar-refractivity contribution >= 4 is 24.2 Å². The van der Waals surface area contributed by atoms with Crippen molar-refractivity contribution < 1.29 is 4.43 Å². The van der Waals surface area contributed by atoms with Crippen molar-refractivity contribution in [1.82, 2.24) is 20.0 Å². The Morgan fingerprint density at radius 1 is 1.24 bits per heavy atom. The topological polar surface area (TPSA) is 52.8 Å². The van der Waals surface area contributed by atoms with Crippen LogP contribution >= 0.6 is 15.9 Å². The van der Waals surface area contributed by atoms with Crippen LogP contribution < -0.4 is 0 Å². The van der Waals surface area contributed by atoms with Crippen LogP contribution in [0.4, 0.5) is 0 Å². The maximum Gasteiger partial charge on any atom is 0.192 e. The monoisotopic (exact) mass is 368 g/mol. The summed E-state index contributed by atoms with van der Waals surface area (Å²) in [6.07, 6.45) is 5.13. The molecule has 0 aromatic carbocycles. The van der Waals surface area contributed by atoms with Crippen molar-refractivity contribution in [3.05, 3.63) is 34.8 Å². The first-order valence-corrected chi connectivity index (χ1v) is 10.6. The fourth-order valence-corrected chi connectivity index (χ4v) is 2.89. The highest BCUT2D eigenvalue weighted by molar-refractivity contribution is 9.10. The summed E-state index contributed by atoms with van der Waals surface area (Å²) in [7, 11) is -1.80. The Morgan fingerprint density at radius 3 is 2.52 bits per heavy atom. The molecule has 2 heterocycles. The third-order valence-electron chi connectivity index (χ3n) is 4.01. The van der Waals surface area contributed by atoms with Crippen LogP contribution in [-0.2, 0) is 11.0 Å². The molecule has 114 valence electrons. The molecule has 2 aromatic rings. The van der Waals surface area contributed by atoms with E-state index in [2.05, 4.69) is 65.1 Å². The highest BCUT2D eigenvalue weighted by Crippen LogP contribution is 2.37. The van der Waals surface area contributed by atoms with Gasteiger partial charge < -0.3 is 4.43 Å². The van der Waals surface area contributed by atoms with E-state index in [-0.39, 0.29) is 5.04 Å². The molecule has 0 saturated heterocycles. The van der Waals surface area contributed by atoms with Gasteiger partial charge in [0.25, 0.3) is 0 Å². The van der Waals surface area contributed by atoms with Crippen LogP contribution in [0.2, 0.25) is 18.1 Å². The minimum absolute atomic E-state index is 0.183. The first kappa shape index (κ1) is 16.3. The zero-order valence-electron chi connectivity index (χ0n) is 13.1. The summed E-state index contributed by atoms with van der Waals surface area (Å²) >= 11 is 3.55. The zero-order valence-corrected chi connectivity index (χ0v) is 15.7. The molecule has 21 heavy (non-hydrogen) atoms. The van der Waals surface area contributed by atoms with Gasteiger partial charge in [-0.25, -0.2) is 4.68 Å². The Balaban J connectivity index is 2.24. The third kappa shape index (κ3) is 3.59. The van der Waals surface area contributed by atoms with Crippen molar-refractivity contribution in [3.8, 4) is 5.69 Å². The van der Waals surface area contributed by atoms with E-state index in [4.69, 9.17) is 4.43 Å². The maximum absolute atomic E-state index is 6.29. The Hall–Kier alpha value is -1.05. The summed E-state index contributed by atoms with van der Waals surface area (Å²) in [5.74, 6) is 0. The summed E-state index contributed by atoms with van der Waals surface area (Å²) < 4.78 is 9.08. The lowest BCUT2D eigenvalue weighted by atomic mass is 10.2. The van der Waals surface area contributed by atoms with E-state index in [1.54, 1.807) is 18.6 Å². The van der Waals surface area contributed by atoms with Gasteiger partial charge >= 0.3 is 0 Å². The van der Waals surface area contributed by atoms with Crippen LogP contribution in [0.15, 0.2) is 29.1 Å². The van der Waals surface area contributed by atoms with Gasteiger partial charge in [0.05, 0.1) is 41.1 Å². The van der Waals surface area contributed by atoms with Gasteiger partial charge in [-0.2, -0.15) is 15.3 Å². The van der Waals surface area contributed by atoms with Crippen molar-refractivity contribution in [2.24, 2.45) is 0 Å². The Morgan fingerprint density at radius 2 is 1.95 bits per heavy atom. The maximum atomic E-state index is 6.29. The van der Waals surface area contributed by atoms with Crippen LogP contribution in [0.5, 0.6) is 0 Å². The Labute approximate surface area is 135 Å². The molecular formula is C14H21BrN4OSi. The quantitative estimate of drug-likeness (QED) is 0.766. The lowest BCUT2D eigenvalue weighted by molar-refractivity contribution is 0.268. The lowest BCUT2D eigenvalue weighted by Gasteiger charge is -2.36. The molecule has 0 unspecified atom stereocenters. The molecule has 0 amide bonds. The van der Waals surface area contributed by atoms with Gasteiger partial charge in [0.2, 0.25) is 0 Å². The number of nitrogens with zero attached hydrogens (tertiary/aromatic N) is 4. The largest absolute Gasteiger partial charge is 0.411 e. The van der Waals surface area contributed by atoms with E-state index in [0.29, 0.717) is 6.61 Å². The molecule has 0 aliphatic rings. The van der Waals surface area contributed by atoms with Crippen LogP contribution in [-0.4, -0.2) is 28.3 Å². The van der Waals surface area contributed by atoms with Crippen LogP contribution in [0, 0.1) is 0 Å². The highest BCUT2D eigenvalue weighted by atomic mass is 79.9. The zero-order chi connectivity index (χ0) is 15.7. The van der Waals surface area contributed by atoms with Crippen LogP contribution in [0.25, 0.3) is 5.69 Å². The van der Waals surface area contributed by atoms with E-state index < -0.39 is 8.32 Å². The molecule has 0 radical (unpaired) electrons. The van der Waals surface area contributed by atoms with Gasteiger partial charge in [-0.1, -0.05) is 20.8 Å². The van der Waals surface area contributed by atoms with Gasteiger partial charge in [-0.05, 0) is 40.1 Å². The molecular weight excluding hydrogens is 348 g/mol. The van der Waals surface area contributed by atoms with Gasteiger partial charge in [0, 0.05) is 0 Å². The summed E-state index contributed by atoms with van der Waals surface area (Å²) in [5, 5.41) is 12.3. The van der Waals surface area contributed by atoms with Gasteiger partial charge in [0.15, 0.2) is 8.32 Å². The number of hydrogen-bond donors (Lipinski definition) is 0. The molecule has 7 heteroatoms. The van der Waals surface area contributed by atoms with E-state index in [0.717, 1.165) is 15.9 Å². The molecule has 2 rings (SSSR count). The minimum Gasteiger partial charge on any atom is -0.411 e. The molecule has 0 bridgehead atoms. The molecule has 0 aliphatic carbocycles. The average molecular weight is 369 g/mol. The van der Waals surface area contributed by atoms with E-state index in [9.17, 15) is 0 Å². The molecule has 5 nitrogen and oxygen atoms in total. The number of hydrogen-bond acceptors (Lipinski definition) is 4. The lowest BCUT2D eigenvalue weighted by Crippen LogP contribution is -2.40. The fourth-order valence-electron chi connectivity index (χ4n) is 1.58. The SMILES string of the molecule is CC(C)(C)[Si](C)(C)OCc1c(Br)cnn1-c1ccnnc1. The van der Waals surface area contributed by atoms with Crippen molar-refractivity contribution in [1.29, 1.82) is 0 Å². The van der Waals surface area contributed by atoms with E-state index in [1.165, 1.54) is 0 Å². The summed E-state index contributed by atoms with van der Waals surface area (Å²) in [4.78, 5) is 0. The predicted molar refractivity (Wildman–Crippen MR) is 88.8 cm³/mol. The molecule has 0 atom stereocenters.